The van der Waals surface area contributed by atoms with Crippen molar-refractivity contribution in [3.05, 3.63) is 16.3 Å². The van der Waals surface area contributed by atoms with Crippen LogP contribution in [-0.2, 0) is 9.53 Å². The number of aliphatic carboxylic acids is 1. The topological polar surface area (TPSA) is 66.8 Å². The normalized spacial score (nSPS) is 22.2. The quantitative estimate of drug-likeness (QED) is 0.842. The van der Waals surface area contributed by atoms with Crippen LogP contribution in [0.3, 0.4) is 0 Å². The third-order valence-corrected chi connectivity index (χ3v) is 5.37. The zero-order chi connectivity index (χ0) is 14.8. The first-order chi connectivity index (χ1) is 9.54. The summed E-state index contributed by atoms with van der Waals surface area (Å²) in [5.41, 5.74) is -0.971. The number of rotatable bonds is 5. The minimum atomic E-state index is -0.971. The average molecular weight is 315 g/mol. The van der Waals surface area contributed by atoms with Crippen molar-refractivity contribution in [1.29, 1.82) is 0 Å². The lowest BCUT2D eigenvalue weighted by Crippen LogP contribution is -2.40. The molecule has 0 saturated carbocycles. The van der Waals surface area contributed by atoms with Crippen molar-refractivity contribution in [2.45, 2.75) is 11.3 Å². The number of carboxylic acid groups (broad SMARTS) is 1. The second kappa shape index (κ2) is 6.15. The van der Waals surface area contributed by atoms with E-state index in [4.69, 9.17) is 4.74 Å². The fourth-order valence-corrected chi connectivity index (χ4v) is 4.15. The van der Waals surface area contributed by atoms with Gasteiger partial charge in [-0.15, -0.1) is 23.1 Å². The summed E-state index contributed by atoms with van der Waals surface area (Å²) in [6.45, 7) is 0.798. The summed E-state index contributed by atoms with van der Waals surface area (Å²) in [7, 11) is 1.49. The molecule has 0 aliphatic carbocycles. The maximum absolute atomic E-state index is 12.5. The standard InChI is InChI=1S/C13H17NO4S2/c1-18-8-13(12(16)17)4-5-14(7-13)11(15)10-9(19-2)3-6-20-10/h3,6H,4-5,7-8H2,1-2H3,(H,16,17). The lowest BCUT2D eigenvalue weighted by Gasteiger charge is -2.23. The van der Waals surface area contributed by atoms with Gasteiger partial charge in [0, 0.05) is 25.1 Å². The Hall–Kier alpha value is -1.05. The lowest BCUT2D eigenvalue weighted by atomic mass is 9.88. The van der Waals surface area contributed by atoms with E-state index in [2.05, 4.69) is 0 Å². The van der Waals surface area contributed by atoms with Gasteiger partial charge < -0.3 is 14.7 Å². The second-order valence-corrected chi connectivity index (χ2v) is 6.58. The first-order valence-electron chi connectivity index (χ1n) is 6.17. The molecular formula is C13H17NO4S2. The highest BCUT2D eigenvalue weighted by Gasteiger charge is 2.46. The Morgan fingerprint density at radius 1 is 1.60 bits per heavy atom. The number of ether oxygens (including phenoxy) is 1. The van der Waals surface area contributed by atoms with E-state index in [0.717, 1.165) is 4.90 Å². The molecule has 110 valence electrons. The maximum Gasteiger partial charge on any atom is 0.313 e. The molecule has 1 fully saturated rings. The van der Waals surface area contributed by atoms with Crippen molar-refractivity contribution in [3.63, 3.8) is 0 Å². The van der Waals surface area contributed by atoms with E-state index < -0.39 is 11.4 Å². The van der Waals surface area contributed by atoms with Crippen LogP contribution in [0.2, 0.25) is 0 Å². The Bertz CT molecular complexity index is 516. The summed E-state index contributed by atoms with van der Waals surface area (Å²) < 4.78 is 5.03. The Morgan fingerprint density at radius 3 is 2.95 bits per heavy atom. The Morgan fingerprint density at radius 2 is 2.35 bits per heavy atom. The molecular weight excluding hydrogens is 298 g/mol. The van der Waals surface area contributed by atoms with Crippen LogP contribution in [0, 0.1) is 5.41 Å². The largest absolute Gasteiger partial charge is 0.481 e. The van der Waals surface area contributed by atoms with Crippen LogP contribution in [0.25, 0.3) is 0 Å². The highest BCUT2D eigenvalue weighted by molar-refractivity contribution is 7.98. The Balaban J connectivity index is 2.16. The molecule has 1 aromatic rings. The van der Waals surface area contributed by atoms with E-state index in [1.165, 1.54) is 30.2 Å². The molecule has 1 unspecified atom stereocenters. The molecule has 20 heavy (non-hydrogen) atoms. The lowest BCUT2D eigenvalue weighted by molar-refractivity contribution is -0.151. The minimum Gasteiger partial charge on any atom is -0.481 e. The van der Waals surface area contributed by atoms with Gasteiger partial charge in [-0.3, -0.25) is 9.59 Å². The molecule has 0 radical (unpaired) electrons. The van der Waals surface area contributed by atoms with Gasteiger partial charge in [0.2, 0.25) is 0 Å². The molecule has 1 N–H and O–H groups in total. The van der Waals surface area contributed by atoms with Crippen LogP contribution in [-0.4, -0.2) is 54.9 Å². The van der Waals surface area contributed by atoms with Gasteiger partial charge in [0.05, 0.1) is 6.61 Å². The number of methoxy groups -OCH3 is 1. The maximum atomic E-state index is 12.5. The molecule has 1 amide bonds. The molecule has 1 aliphatic heterocycles. The Labute approximate surface area is 125 Å². The van der Waals surface area contributed by atoms with Crippen LogP contribution < -0.4 is 0 Å². The predicted octanol–water partition coefficient (Wildman–Crippen LogP) is 2.03. The van der Waals surface area contributed by atoms with Gasteiger partial charge in [-0.2, -0.15) is 0 Å². The summed E-state index contributed by atoms with van der Waals surface area (Å²) >= 11 is 2.93. The van der Waals surface area contributed by atoms with Crippen molar-refractivity contribution < 1.29 is 19.4 Å². The molecule has 1 saturated heterocycles. The zero-order valence-electron chi connectivity index (χ0n) is 11.4. The average Bonchev–Trinajstić information content (AvgIpc) is 3.05. The number of nitrogens with zero attached hydrogens (tertiary/aromatic N) is 1. The number of carbonyl (C=O) groups excluding carboxylic acids is 1. The first-order valence-corrected chi connectivity index (χ1v) is 8.27. The number of amides is 1. The minimum absolute atomic E-state index is 0.0800. The van der Waals surface area contributed by atoms with Crippen LogP contribution in [0.5, 0.6) is 0 Å². The fourth-order valence-electron chi connectivity index (χ4n) is 2.43. The van der Waals surface area contributed by atoms with Gasteiger partial charge in [0.25, 0.3) is 5.91 Å². The molecule has 1 aromatic heterocycles. The van der Waals surface area contributed by atoms with Gasteiger partial charge in [0.1, 0.15) is 10.3 Å². The fraction of sp³-hybridized carbons (Fsp3) is 0.538. The molecule has 0 aromatic carbocycles. The molecule has 2 heterocycles. The number of carbonyl (C=O) groups is 2. The van der Waals surface area contributed by atoms with E-state index in [-0.39, 0.29) is 19.1 Å². The summed E-state index contributed by atoms with van der Waals surface area (Å²) in [5, 5.41) is 11.3. The second-order valence-electron chi connectivity index (χ2n) is 4.81. The van der Waals surface area contributed by atoms with E-state index in [0.29, 0.717) is 17.8 Å². The molecule has 1 aliphatic rings. The summed E-state index contributed by atoms with van der Waals surface area (Å²) in [6, 6.07) is 1.91. The third kappa shape index (κ3) is 2.70. The summed E-state index contributed by atoms with van der Waals surface area (Å²) in [6.07, 6.45) is 2.36. The van der Waals surface area contributed by atoms with Gasteiger partial charge >= 0.3 is 5.97 Å². The van der Waals surface area contributed by atoms with Crippen molar-refractivity contribution in [1.82, 2.24) is 4.90 Å². The van der Waals surface area contributed by atoms with E-state index in [9.17, 15) is 14.7 Å². The highest BCUT2D eigenvalue weighted by Crippen LogP contribution is 2.34. The van der Waals surface area contributed by atoms with E-state index >= 15 is 0 Å². The first kappa shape index (κ1) is 15.3. The number of carboxylic acids is 1. The number of likely N-dealkylation sites (tertiary alicyclic amines) is 1. The van der Waals surface area contributed by atoms with Gasteiger partial charge in [-0.25, -0.2) is 0 Å². The Kier molecular flexibility index (Phi) is 4.72. The third-order valence-electron chi connectivity index (χ3n) is 3.56. The molecule has 5 nitrogen and oxygen atoms in total. The van der Waals surface area contributed by atoms with Crippen LogP contribution in [0.4, 0.5) is 0 Å². The van der Waals surface area contributed by atoms with Gasteiger partial charge in [-0.05, 0) is 24.1 Å². The van der Waals surface area contributed by atoms with Crippen molar-refractivity contribution in [2.75, 3.05) is 33.1 Å². The highest BCUT2D eigenvalue weighted by atomic mass is 32.2. The number of hydrogen-bond acceptors (Lipinski definition) is 5. The molecule has 1 atom stereocenters. The van der Waals surface area contributed by atoms with Crippen LogP contribution in [0.1, 0.15) is 16.1 Å². The van der Waals surface area contributed by atoms with Crippen LogP contribution in [0.15, 0.2) is 16.3 Å². The molecule has 0 spiro atoms. The van der Waals surface area contributed by atoms with Crippen molar-refractivity contribution in [3.8, 4) is 0 Å². The number of thioether (sulfide) groups is 1. The predicted molar refractivity (Wildman–Crippen MR) is 78.6 cm³/mol. The van der Waals surface area contributed by atoms with E-state index in [1.807, 2.05) is 17.7 Å². The smallest absolute Gasteiger partial charge is 0.313 e. The summed E-state index contributed by atoms with van der Waals surface area (Å²) in [4.78, 5) is 27.2. The summed E-state index contributed by atoms with van der Waals surface area (Å²) in [5.74, 6) is -0.977. The van der Waals surface area contributed by atoms with Gasteiger partial charge in [0.15, 0.2) is 0 Å². The number of thiophene rings is 1. The van der Waals surface area contributed by atoms with Gasteiger partial charge in [-0.1, -0.05) is 0 Å². The number of hydrogen-bond donors (Lipinski definition) is 1. The molecule has 7 heteroatoms. The SMILES string of the molecule is COCC1(C(=O)O)CCN(C(=O)c2sccc2SC)C1. The van der Waals surface area contributed by atoms with Crippen molar-refractivity contribution in [2.24, 2.45) is 5.41 Å². The van der Waals surface area contributed by atoms with E-state index in [1.54, 1.807) is 4.90 Å². The monoisotopic (exact) mass is 315 g/mol. The molecule has 2 rings (SSSR count). The zero-order valence-corrected chi connectivity index (χ0v) is 13.1. The van der Waals surface area contributed by atoms with Crippen LogP contribution >= 0.6 is 23.1 Å². The molecule has 0 bridgehead atoms. The van der Waals surface area contributed by atoms with Crippen molar-refractivity contribution >= 4 is 35.0 Å².